The molecule has 3 rings (SSSR count). The number of aromatic amines is 1. The maximum Gasteiger partial charge on any atom is 0.295 e. The van der Waals surface area contributed by atoms with Gasteiger partial charge in [0.1, 0.15) is 0 Å². The number of azo groups is 1. The first kappa shape index (κ1) is 14.9. The van der Waals surface area contributed by atoms with Crippen molar-refractivity contribution in [1.29, 1.82) is 0 Å². The van der Waals surface area contributed by atoms with E-state index in [2.05, 4.69) is 34.0 Å². The average Bonchev–Trinajstić information content (AvgIpc) is 2.87. The minimum Gasteiger partial charge on any atom is -0.493 e. The van der Waals surface area contributed by atoms with Gasteiger partial charge in [0.2, 0.25) is 5.88 Å². The quantitative estimate of drug-likeness (QED) is 0.706. The van der Waals surface area contributed by atoms with Crippen LogP contribution in [0.2, 0.25) is 0 Å². The summed E-state index contributed by atoms with van der Waals surface area (Å²) in [5.74, 6) is -0.243. The Morgan fingerprint density at radius 1 is 1.22 bits per heavy atom. The number of hydrogen-bond donors (Lipinski definition) is 2. The smallest absolute Gasteiger partial charge is 0.295 e. The zero-order valence-electron chi connectivity index (χ0n) is 12.8. The molecule has 2 N–H and O–H groups in total. The largest absolute Gasteiger partial charge is 0.493 e. The fourth-order valence-electron chi connectivity index (χ4n) is 2.29. The van der Waals surface area contributed by atoms with E-state index in [-0.39, 0.29) is 11.6 Å². The van der Waals surface area contributed by atoms with Gasteiger partial charge in [-0.05, 0) is 35.7 Å². The van der Waals surface area contributed by atoms with Crippen LogP contribution in [0.3, 0.4) is 0 Å². The lowest BCUT2D eigenvalue weighted by atomic mass is 10.0. The third-order valence-corrected chi connectivity index (χ3v) is 3.61. The molecule has 0 aliphatic rings. The number of pyridine rings is 1. The fraction of sp³-hybridized carbons (Fsp3) is 0.176. The second-order valence-electron chi connectivity index (χ2n) is 5.52. The van der Waals surface area contributed by atoms with E-state index in [1.807, 2.05) is 18.2 Å². The lowest BCUT2D eigenvalue weighted by molar-refractivity contribution is 0.0995. The first-order chi connectivity index (χ1) is 11.1. The van der Waals surface area contributed by atoms with E-state index < -0.39 is 5.91 Å². The molecule has 0 saturated carbocycles. The predicted octanol–water partition coefficient (Wildman–Crippen LogP) is 4.32. The summed E-state index contributed by atoms with van der Waals surface area (Å²) in [5.41, 5.74) is 2.53. The third kappa shape index (κ3) is 2.96. The average molecular weight is 308 g/mol. The Labute approximate surface area is 132 Å². The highest BCUT2D eigenvalue weighted by Crippen LogP contribution is 2.37. The summed E-state index contributed by atoms with van der Waals surface area (Å²) in [4.78, 5) is 18.7. The van der Waals surface area contributed by atoms with Gasteiger partial charge in [0.05, 0.1) is 5.52 Å². The molecule has 0 atom stereocenters. The van der Waals surface area contributed by atoms with Crippen LogP contribution in [0.25, 0.3) is 10.9 Å². The second-order valence-corrected chi connectivity index (χ2v) is 5.52. The number of fused-ring (bicyclic) bond motifs is 1. The number of rotatable bonds is 3. The number of hydrogen-bond acceptors (Lipinski definition) is 4. The highest BCUT2D eigenvalue weighted by Gasteiger charge is 2.13. The van der Waals surface area contributed by atoms with Crippen LogP contribution in [0.5, 0.6) is 5.88 Å². The highest BCUT2D eigenvalue weighted by molar-refractivity contribution is 5.97. The van der Waals surface area contributed by atoms with Crippen LogP contribution in [-0.4, -0.2) is 21.0 Å². The molecular weight excluding hydrogens is 292 g/mol. The zero-order valence-corrected chi connectivity index (χ0v) is 12.8. The van der Waals surface area contributed by atoms with Crippen molar-refractivity contribution in [3.05, 3.63) is 53.9 Å². The van der Waals surface area contributed by atoms with Gasteiger partial charge in [0.25, 0.3) is 5.91 Å². The summed E-state index contributed by atoms with van der Waals surface area (Å²) in [6.45, 7) is 4.17. The molecule has 0 unspecified atom stereocenters. The lowest BCUT2D eigenvalue weighted by Gasteiger charge is -2.04. The number of aromatic nitrogens is 2. The molecule has 3 aromatic rings. The Morgan fingerprint density at radius 2 is 1.96 bits per heavy atom. The van der Waals surface area contributed by atoms with Crippen molar-refractivity contribution in [3.8, 4) is 5.88 Å². The SMILES string of the molecule is CC(C)c1ccc2[nH]c(O)c(N=NC(=O)c3ccncc3)c2c1. The van der Waals surface area contributed by atoms with E-state index >= 15 is 0 Å². The topological polar surface area (TPSA) is 90.7 Å². The first-order valence-corrected chi connectivity index (χ1v) is 7.27. The van der Waals surface area contributed by atoms with Gasteiger partial charge in [0.15, 0.2) is 5.69 Å². The Hall–Kier alpha value is -3.02. The Kier molecular flexibility index (Phi) is 3.89. The Balaban J connectivity index is 1.99. The molecule has 0 saturated heterocycles. The summed E-state index contributed by atoms with van der Waals surface area (Å²) >= 11 is 0. The van der Waals surface area contributed by atoms with E-state index in [4.69, 9.17) is 0 Å². The third-order valence-electron chi connectivity index (χ3n) is 3.61. The van der Waals surface area contributed by atoms with E-state index in [0.29, 0.717) is 11.5 Å². The Bertz CT molecular complexity index is 882. The molecule has 1 aromatic carbocycles. The van der Waals surface area contributed by atoms with Crippen molar-refractivity contribution in [3.63, 3.8) is 0 Å². The molecule has 0 aliphatic carbocycles. The van der Waals surface area contributed by atoms with Crippen LogP contribution in [0.4, 0.5) is 5.69 Å². The van der Waals surface area contributed by atoms with Crippen molar-refractivity contribution >= 4 is 22.5 Å². The number of carbonyl (C=O) groups is 1. The molecule has 0 bridgehead atoms. The van der Waals surface area contributed by atoms with E-state index in [9.17, 15) is 9.90 Å². The van der Waals surface area contributed by atoms with Gasteiger partial charge in [-0.3, -0.25) is 9.78 Å². The first-order valence-electron chi connectivity index (χ1n) is 7.27. The van der Waals surface area contributed by atoms with Gasteiger partial charge < -0.3 is 10.1 Å². The molecule has 23 heavy (non-hydrogen) atoms. The van der Waals surface area contributed by atoms with Crippen LogP contribution in [0.1, 0.15) is 35.7 Å². The summed E-state index contributed by atoms with van der Waals surface area (Å²) in [6, 6.07) is 8.95. The normalized spacial score (nSPS) is 11.6. The molecule has 1 amide bonds. The van der Waals surface area contributed by atoms with Gasteiger partial charge in [-0.2, -0.15) is 0 Å². The zero-order chi connectivity index (χ0) is 16.4. The van der Waals surface area contributed by atoms with Crippen LogP contribution >= 0.6 is 0 Å². The van der Waals surface area contributed by atoms with Gasteiger partial charge in [0, 0.05) is 23.3 Å². The fourth-order valence-corrected chi connectivity index (χ4v) is 2.29. The summed E-state index contributed by atoms with van der Waals surface area (Å²) in [7, 11) is 0. The number of carbonyl (C=O) groups excluding carboxylic acids is 1. The molecular formula is C17H16N4O2. The minimum absolute atomic E-state index is 0.104. The highest BCUT2D eigenvalue weighted by atomic mass is 16.3. The summed E-state index contributed by atoms with van der Waals surface area (Å²) in [6.07, 6.45) is 3.03. The van der Waals surface area contributed by atoms with Crippen molar-refractivity contribution < 1.29 is 9.90 Å². The number of nitrogens with zero attached hydrogens (tertiary/aromatic N) is 3. The summed E-state index contributed by atoms with van der Waals surface area (Å²) < 4.78 is 0. The maximum absolute atomic E-state index is 12.0. The molecule has 0 radical (unpaired) electrons. The monoisotopic (exact) mass is 308 g/mol. The predicted molar refractivity (Wildman–Crippen MR) is 87.1 cm³/mol. The molecule has 0 aliphatic heterocycles. The maximum atomic E-state index is 12.0. The van der Waals surface area contributed by atoms with Crippen molar-refractivity contribution in [2.75, 3.05) is 0 Å². The summed E-state index contributed by atoms with van der Waals surface area (Å²) in [5, 5.41) is 18.4. The van der Waals surface area contributed by atoms with Gasteiger partial charge in [-0.1, -0.05) is 19.9 Å². The molecule has 116 valence electrons. The van der Waals surface area contributed by atoms with E-state index in [0.717, 1.165) is 16.5 Å². The van der Waals surface area contributed by atoms with E-state index in [1.165, 1.54) is 12.4 Å². The standard InChI is InChI=1S/C17H16N4O2/c1-10(2)12-3-4-14-13(9-12)15(17(23)19-14)20-21-16(22)11-5-7-18-8-6-11/h3-10,19,23H,1-2H3. The van der Waals surface area contributed by atoms with Crippen molar-refractivity contribution in [1.82, 2.24) is 9.97 Å². The molecule has 2 aromatic heterocycles. The van der Waals surface area contributed by atoms with Gasteiger partial charge in [-0.25, -0.2) is 0 Å². The molecule has 6 nitrogen and oxygen atoms in total. The molecule has 0 spiro atoms. The number of benzene rings is 1. The van der Waals surface area contributed by atoms with Crippen LogP contribution < -0.4 is 0 Å². The van der Waals surface area contributed by atoms with Crippen molar-refractivity contribution in [2.45, 2.75) is 19.8 Å². The Morgan fingerprint density at radius 3 is 2.65 bits per heavy atom. The number of aromatic hydroxyl groups is 1. The van der Waals surface area contributed by atoms with Crippen LogP contribution in [-0.2, 0) is 0 Å². The van der Waals surface area contributed by atoms with E-state index in [1.54, 1.807) is 12.1 Å². The number of H-pyrrole nitrogens is 1. The molecule has 0 fully saturated rings. The molecule has 6 heteroatoms. The van der Waals surface area contributed by atoms with Gasteiger partial charge >= 0.3 is 0 Å². The van der Waals surface area contributed by atoms with Crippen LogP contribution in [0.15, 0.2) is 53.0 Å². The number of nitrogens with one attached hydrogen (secondary N) is 1. The molecule has 2 heterocycles. The van der Waals surface area contributed by atoms with Gasteiger partial charge in [-0.15, -0.1) is 10.2 Å². The van der Waals surface area contributed by atoms with Crippen molar-refractivity contribution in [2.24, 2.45) is 10.2 Å². The lowest BCUT2D eigenvalue weighted by Crippen LogP contribution is -1.92. The minimum atomic E-state index is -0.485. The second kappa shape index (κ2) is 6.00. The van der Waals surface area contributed by atoms with Crippen LogP contribution in [0, 0.1) is 0 Å². The number of amides is 1.